The molecule has 1 heterocycles. The van der Waals surface area contributed by atoms with Crippen LogP contribution in [0.5, 0.6) is 5.75 Å². The second-order valence-electron chi connectivity index (χ2n) is 3.76. The van der Waals surface area contributed by atoms with Gasteiger partial charge in [0.25, 0.3) is 0 Å². The first kappa shape index (κ1) is 13.9. The maximum atomic E-state index is 11.6. The summed E-state index contributed by atoms with van der Waals surface area (Å²) in [7, 11) is 0. The van der Waals surface area contributed by atoms with Crippen molar-refractivity contribution in [3.8, 4) is 5.75 Å². The fourth-order valence-corrected chi connectivity index (χ4v) is 1.80. The highest BCUT2D eigenvalue weighted by Gasteiger charge is 2.07. The number of benzene rings is 1. The first-order valence-corrected chi connectivity index (χ1v) is 6.15. The number of rotatable bonds is 4. The van der Waals surface area contributed by atoms with E-state index < -0.39 is 0 Å². The van der Waals surface area contributed by atoms with Crippen LogP contribution in [-0.4, -0.2) is 5.11 Å². The van der Waals surface area contributed by atoms with Crippen LogP contribution < -0.4 is 10.2 Å². The van der Waals surface area contributed by atoms with Crippen molar-refractivity contribution in [2.24, 2.45) is 0 Å². The lowest BCUT2D eigenvalue weighted by Crippen LogP contribution is -2.08. The van der Waals surface area contributed by atoms with Gasteiger partial charge in [0.2, 0.25) is 11.2 Å². The van der Waals surface area contributed by atoms with E-state index in [-0.39, 0.29) is 30.2 Å². The quantitative estimate of drug-likeness (QED) is 0.943. The van der Waals surface area contributed by atoms with Crippen LogP contribution in [0.1, 0.15) is 11.3 Å². The van der Waals surface area contributed by atoms with Gasteiger partial charge in [-0.25, -0.2) is 0 Å². The largest absolute Gasteiger partial charge is 0.482 e. The summed E-state index contributed by atoms with van der Waals surface area (Å²) in [6, 6.07) is 6.15. The molecule has 100 valence electrons. The predicted octanol–water partition coefficient (Wildman–Crippen LogP) is 3.02. The molecule has 1 aromatic carbocycles. The van der Waals surface area contributed by atoms with Gasteiger partial charge in [-0.1, -0.05) is 23.2 Å². The van der Waals surface area contributed by atoms with E-state index in [0.29, 0.717) is 15.6 Å². The van der Waals surface area contributed by atoms with E-state index in [9.17, 15) is 4.79 Å². The van der Waals surface area contributed by atoms with E-state index in [1.165, 1.54) is 6.07 Å². The minimum Gasteiger partial charge on any atom is -0.482 e. The van der Waals surface area contributed by atoms with Crippen molar-refractivity contribution in [3.63, 3.8) is 0 Å². The molecule has 0 saturated carbocycles. The van der Waals surface area contributed by atoms with Crippen LogP contribution in [0.25, 0.3) is 0 Å². The molecule has 2 rings (SSSR count). The zero-order valence-electron chi connectivity index (χ0n) is 9.73. The number of ether oxygens (including phenoxy) is 1. The molecule has 2 aromatic rings. The predicted molar refractivity (Wildman–Crippen MR) is 71.7 cm³/mol. The summed E-state index contributed by atoms with van der Waals surface area (Å²) >= 11 is 11.8. The van der Waals surface area contributed by atoms with Crippen LogP contribution in [0.2, 0.25) is 10.0 Å². The number of halogens is 2. The summed E-state index contributed by atoms with van der Waals surface area (Å²) in [6.07, 6.45) is 1.16. The molecule has 0 aliphatic rings. The standard InChI is InChI=1S/C13H10Cl2O4/c14-9-1-2-11(15)8(3-9)6-19-13-7-18-10(5-16)4-12(13)17/h1-4,7,16H,5-6H2. The number of aliphatic hydroxyl groups excluding tert-OH is 1. The van der Waals surface area contributed by atoms with Crippen LogP contribution in [-0.2, 0) is 13.2 Å². The van der Waals surface area contributed by atoms with Gasteiger partial charge in [0, 0.05) is 21.7 Å². The van der Waals surface area contributed by atoms with Crippen LogP contribution in [0.3, 0.4) is 0 Å². The third-order valence-corrected chi connectivity index (χ3v) is 3.00. The minimum atomic E-state index is -0.367. The molecular formula is C13H10Cl2O4. The van der Waals surface area contributed by atoms with E-state index in [1.807, 2.05) is 0 Å². The average Bonchev–Trinajstić information content (AvgIpc) is 2.40. The number of hydrogen-bond acceptors (Lipinski definition) is 4. The molecule has 6 heteroatoms. The molecule has 0 radical (unpaired) electrons. The van der Waals surface area contributed by atoms with Crippen molar-refractivity contribution in [3.05, 3.63) is 62.1 Å². The Bertz CT molecular complexity index is 637. The fraction of sp³-hybridized carbons (Fsp3) is 0.154. The van der Waals surface area contributed by atoms with Crippen LogP contribution in [0.4, 0.5) is 0 Å². The van der Waals surface area contributed by atoms with Gasteiger partial charge < -0.3 is 14.3 Å². The Morgan fingerprint density at radius 3 is 2.74 bits per heavy atom. The molecule has 0 fully saturated rings. The topological polar surface area (TPSA) is 59.7 Å². The van der Waals surface area contributed by atoms with Gasteiger partial charge in [-0.15, -0.1) is 0 Å². The number of hydrogen-bond donors (Lipinski definition) is 1. The molecule has 0 unspecified atom stereocenters. The molecule has 0 bridgehead atoms. The summed E-state index contributed by atoms with van der Waals surface area (Å²) in [5.41, 5.74) is 0.299. The molecule has 0 spiro atoms. The van der Waals surface area contributed by atoms with Gasteiger partial charge in [-0.3, -0.25) is 4.79 Å². The van der Waals surface area contributed by atoms with Crippen LogP contribution in [0.15, 0.2) is 39.7 Å². The molecule has 0 aliphatic heterocycles. The fourth-order valence-electron chi connectivity index (χ4n) is 1.44. The van der Waals surface area contributed by atoms with E-state index in [2.05, 4.69) is 0 Å². The van der Waals surface area contributed by atoms with E-state index in [1.54, 1.807) is 18.2 Å². The second-order valence-corrected chi connectivity index (χ2v) is 4.60. The lowest BCUT2D eigenvalue weighted by molar-refractivity contribution is 0.236. The molecule has 0 atom stereocenters. The van der Waals surface area contributed by atoms with Gasteiger partial charge in [0.15, 0.2) is 0 Å². The van der Waals surface area contributed by atoms with Crippen molar-refractivity contribution in [1.82, 2.24) is 0 Å². The lowest BCUT2D eigenvalue weighted by Gasteiger charge is -2.07. The Balaban J connectivity index is 2.14. The minimum absolute atomic E-state index is 0.0493. The Kier molecular flexibility index (Phi) is 4.47. The summed E-state index contributed by atoms with van der Waals surface area (Å²) < 4.78 is 10.3. The average molecular weight is 301 g/mol. The van der Waals surface area contributed by atoms with Crippen molar-refractivity contribution in [2.45, 2.75) is 13.2 Å². The Labute approximate surface area is 119 Å². The van der Waals surface area contributed by atoms with Crippen molar-refractivity contribution in [1.29, 1.82) is 0 Å². The SMILES string of the molecule is O=c1cc(CO)occ1OCc1cc(Cl)ccc1Cl. The smallest absolute Gasteiger partial charge is 0.227 e. The molecule has 0 saturated heterocycles. The normalized spacial score (nSPS) is 10.5. The van der Waals surface area contributed by atoms with E-state index in [0.717, 1.165) is 6.26 Å². The van der Waals surface area contributed by atoms with E-state index in [4.69, 9.17) is 37.5 Å². The summed E-state index contributed by atoms with van der Waals surface area (Å²) in [5.74, 6) is 0.228. The summed E-state index contributed by atoms with van der Waals surface area (Å²) in [5, 5.41) is 9.86. The highest BCUT2D eigenvalue weighted by Crippen LogP contribution is 2.21. The van der Waals surface area contributed by atoms with Crippen molar-refractivity contribution >= 4 is 23.2 Å². The maximum Gasteiger partial charge on any atom is 0.227 e. The zero-order chi connectivity index (χ0) is 13.8. The zero-order valence-corrected chi connectivity index (χ0v) is 11.2. The van der Waals surface area contributed by atoms with Crippen LogP contribution >= 0.6 is 23.2 Å². The van der Waals surface area contributed by atoms with E-state index >= 15 is 0 Å². The van der Waals surface area contributed by atoms with Gasteiger partial charge in [-0.2, -0.15) is 0 Å². The lowest BCUT2D eigenvalue weighted by atomic mass is 10.2. The van der Waals surface area contributed by atoms with Gasteiger partial charge in [-0.05, 0) is 18.2 Å². The van der Waals surface area contributed by atoms with Crippen molar-refractivity contribution < 1.29 is 14.3 Å². The highest BCUT2D eigenvalue weighted by molar-refractivity contribution is 6.33. The second kappa shape index (κ2) is 6.10. The molecular weight excluding hydrogens is 291 g/mol. The number of aliphatic hydroxyl groups is 1. The maximum absolute atomic E-state index is 11.6. The molecule has 1 N–H and O–H groups in total. The Morgan fingerprint density at radius 2 is 2.05 bits per heavy atom. The first-order valence-electron chi connectivity index (χ1n) is 5.39. The molecule has 4 nitrogen and oxygen atoms in total. The molecule has 19 heavy (non-hydrogen) atoms. The highest BCUT2D eigenvalue weighted by atomic mass is 35.5. The first-order chi connectivity index (χ1) is 9.10. The van der Waals surface area contributed by atoms with Gasteiger partial charge in [0.1, 0.15) is 25.2 Å². The van der Waals surface area contributed by atoms with Crippen molar-refractivity contribution in [2.75, 3.05) is 0 Å². The third-order valence-electron chi connectivity index (χ3n) is 2.40. The van der Waals surface area contributed by atoms with Crippen LogP contribution in [0, 0.1) is 0 Å². The molecule has 1 aromatic heterocycles. The van der Waals surface area contributed by atoms with Gasteiger partial charge in [0.05, 0.1) is 0 Å². The van der Waals surface area contributed by atoms with Gasteiger partial charge >= 0.3 is 0 Å². The molecule has 0 aliphatic carbocycles. The molecule has 0 amide bonds. The Morgan fingerprint density at radius 1 is 1.26 bits per heavy atom. The Hall–Kier alpha value is -1.49. The monoisotopic (exact) mass is 300 g/mol. The third kappa shape index (κ3) is 3.50. The summed E-state index contributed by atoms with van der Waals surface area (Å²) in [6.45, 7) is -0.238. The summed E-state index contributed by atoms with van der Waals surface area (Å²) in [4.78, 5) is 11.6.